The number of piperazine rings is 1. The molecule has 1 fully saturated rings. The molecule has 106 valence electrons. The van der Waals surface area contributed by atoms with Crippen molar-refractivity contribution < 1.29 is 4.79 Å². The van der Waals surface area contributed by atoms with Gasteiger partial charge in [0.1, 0.15) is 0 Å². The van der Waals surface area contributed by atoms with Crippen LogP contribution >= 0.6 is 0 Å². The number of nitrogens with zero attached hydrogens (tertiary/aromatic N) is 2. The van der Waals surface area contributed by atoms with E-state index >= 15 is 0 Å². The highest BCUT2D eigenvalue weighted by molar-refractivity contribution is 5.76. The molecule has 1 rings (SSSR count). The molecule has 1 atom stereocenters. The van der Waals surface area contributed by atoms with Crippen molar-refractivity contribution in [2.75, 3.05) is 52.9 Å². The van der Waals surface area contributed by atoms with Gasteiger partial charge in [-0.1, -0.05) is 6.92 Å². The maximum Gasteiger partial charge on any atom is 0.221 e. The van der Waals surface area contributed by atoms with E-state index in [2.05, 4.69) is 34.3 Å². The molecule has 0 aromatic rings. The van der Waals surface area contributed by atoms with Crippen LogP contribution in [0.15, 0.2) is 0 Å². The Morgan fingerprint density at radius 1 is 1.22 bits per heavy atom. The van der Waals surface area contributed by atoms with Crippen molar-refractivity contribution in [2.45, 2.75) is 26.3 Å². The maximum atomic E-state index is 11.7. The van der Waals surface area contributed by atoms with Gasteiger partial charge in [0.25, 0.3) is 0 Å². The molecule has 0 saturated carbocycles. The number of hydrogen-bond acceptors (Lipinski definition) is 4. The van der Waals surface area contributed by atoms with E-state index in [1.54, 1.807) is 0 Å². The van der Waals surface area contributed by atoms with Gasteiger partial charge in [-0.05, 0) is 20.5 Å². The largest absolute Gasteiger partial charge is 0.355 e. The van der Waals surface area contributed by atoms with Gasteiger partial charge in [0, 0.05) is 51.7 Å². The molecular weight excluding hydrogens is 228 g/mol. The van der Waals surface area contributed by atoms with Crippen LogP contribution in [0.1, 0.15) is 20.3 Å². The molecular formula is C13H28N4O. The van der Waals surface area contributed by atoms with Crippen molar-refractivity contribution in [1.29, 1.82) is 0 Å². The summed E-state index contributed by atoms with van der Waals surface area (Å²) in [5, 5.41) is 6.06. The summed E-state index contributed by atoms with van der Waals surface area (Å²) in [6, 6.07) is 0.335. The van der Waals surface area contributed by atoms with E-state index in [0.29, 0.717) is 19.0 Å². The Morgan fingerprint density at radius 2 is 1.83 bits per heavy atom. The Hall–Kier alpha value is -0.650. The molecule has 5 nitrogen and oxygen atoms in total. The van der Waals surface area contributed by atoms with Crippen molar-refractivity contribution >= 4 is 5.91 Å². The summed E-state index contributed by atoms with van der Waals surface area (Å²) in [7, 11) is 1.91. The second-order valence-electron chi connectivity index (χ2n) is 5.02. The highest BCUT2D eigenvalue weighted by Crippen LogP contribution is 2.01. The first-order valence-corrected chi connectivity index (χ1v) is 7.04. The Labute approximate surface area is 111 Å². The molecule has 1 saturated heterocycles. The first-order chi connectivity index (χ1) is 8.65. The van der Waals surface area contributed by atoms with Gasteiger partial charge in [0.2, 0.25) is 5.91 Å². The van der Waals surface area contributed by atoms with Gasteiger partial charge in [-0.15, -0.1) is 0 Å². The Kier molecular flexibility index (Phi) is 7.23. The highest BCUT2D eigenvalue weighted by Gasteiger charge is 2.15. The topological polar surface area (TPSA) is 47.6 Å². The molecule has 1 unspecified atom stereocenters. The number of hydrogen-bond donors (Lipinski definition) is 2. The van der Waals surface area contributed by atoms with Crippen molar-refractivity contribution in [2.24, 2.45) is 0 Å². The number of carbonyl (C=O) groups excluding carboxylic acids is 1. The molecule has 18 heavy (non-hydrogen) atoms. The van der Waals surface area contributed by atoms with Gasteiger partial charge < -0.3 is 20.4 Å². The second kappa shape index (κ2) is 8.45. The minimum atomic E-state index is 0.162. The van der Waals surface area contributed by atoms with Crippen LogP contribution < -0.4 is 10.6 Å². The predicted molar refractivity (Wildman–Crippen MR) is 74.7 cm³/mol. The lowest BCUT2D eigenvalue weighted by molar-refractivity contribution is -0.121. The molecule has 0 radical (unpaired) electrons. The summed E-state index contributed by atoms with van der Waals surface area (Å²) in [5.74, 6) is 0.162. The predicted octanol–water partition coefficient (Wildman–Crippen LogP) is -0.262. The van der Waals surface area contributed by atoms with Crippen LogP contribution in [0, 0.1) is 0 Å². The third-order valence-corrected chi connectivity index (χ3v) is 3.67. The second-order valence-corrected chi connectivity index (χ2v) is 5.02. The number of rotatable bonds is 7. The summed E-state index contributed by atoms with van der Waals surface area (Å²) in [4.78, 5) is 16.5. The van der Waals surface area contributed by atoms with E-state index < -0.39 is 0 Å². The fraction of sp³-hybridized carbons (Fsp3) is 0.923. The molecule has 1 amide bonds. The minimum absolute atomic E-state index is 0.162. The monoisotopic (exact) mass is 256 g/mol. The zero-order valence-electron chi connectivity index (χ0n) is 12.0. The molecule has 0 spiro atoms. The molecule has 0 aromatic carbocycles. The molecule has 5 heteroatoms. The quantitative estimate of drug-likeness (QED) is 0.659. The first-order valence-electron chi connectivity index (χ1n) is 7.04. The van der Waals surface area contributed by atoms with Gasteiger partial charge in [0.05, 0.1) is 0 Å². The third kappa shape index (κ3) is 5.80. The van der Waals surface area contributed by atoms with E-state index in [-0.39, 0.29) is 5.91 Å². The summed E-state index contributed by atoms with van der Waals surface area (Å²) >= 11 is 0. The zero-order valence-corrected chi connectivity index (χ0v) is 12.0. The van der Waals surface area contributed by atoms with Crippen LogP contribution in [-0.4, -0.2) is 74.6 Å². The van der Waals surface area contributed by atoms with E-state index in [1.807, 2.05) is 7.05 Å². The normalized spacial score (nSPS) is 19.7. The lowest BCUT2D eigenvalue weighted by Crippen LogP contribution is -2.47. The summed E-state index contributed by atoms with van der Waals surface area (Å²) in [6.45, 7) is 11.4. The van der Waals surface area contributed by atoms with E-state index in [9.17, 15) is 4.79 Å². The van der Waals surface area contributed by atoms with Crippen molar-refractivity contribution in [1.82, 2.24) is 20.4 Å². The average molecular weight is 256 g/mol. The minimum Gasteiger partial charge on any atom is -0.355 e. The number of nitrogens with one attached hydrogen (secondary N) is 2. The average Bonchev–Trinajstić information content (AvgIpc) is 2.42. The smallest absolute Gasteiger partial charge is 0.221 e. The number of amides is 1. The molecule has 1 aliphatic heterocycles. The van der Waals surface area contributed by atoms with Crippen LogP contribution in [0.3, 0.4) is 0 Å². The number of likely N-dealkylation sites (N-methyl/N-ethyl adjacent to an activating group) is 2. The van der Waals surface area contributed by atoms with Crippen molar-refractivity contribution in [3.05, 3.63) is 0 Å². The Morgan fingerprint density at radius 3 is 2.39 bits per heavy atom. The van der Waals surface area contributed by atoms with Crippen molar-refractivity contribution in [3.8, 4) is 0 Å². The van der Waals surface area contributed by atoms with Crippen molar-refractivity contribution in [3.63, 3.8) is 0 Å². The standard InChI is InChI=1S/C13H28N4O/c1-4-16-7-9-17(10-8-16)6-5-13(18)15-11-12(2)14-3/h12,14H,4-11H2,1-3H3,(H,15,18). The fourth-order valence-corrected chi connectivity index (χ4v) is 2.05. The zero-order chi connectivity index (χ0) is 13.4. The molecule has 2 N–H and O–H groups in total. The molecule has 0 aromatic heterocycles. The summed E-state index contributed by atoms with van der Waals surface area (Å²) in [5.41, 5.74) is 0. The Balaban J connectivity index is 2.08. The molecule has 0 bridgehead atoms. The van der Waals surface area contributed by atoms with E-state index in [1.165, 1.54) is 0 Å². The van der Waals surface area contributed by atoms with E-state index in [4.69, 9.17) is 0 Å². The highest BCUT2D eigenvalue weighted by atomic mass is 16.1. The van der Waals surface area contributed by atoms with Gasteiger partial charge in [-0.3, -0.25) is 4.79 Å². The fourth-order valence-electron chi connectivity index (χ4n) is 2.05. The van der Waals surface area contributed by atoms with Gasteiger partial charge in [-0.2, -0.15) is 0 Å². The lowest BCUT2D eigenvalue weighted by atomic mass is 10.2. The summed E-state index contributed by atoms with van der Waals surface area (Å²) in [6.07, 6.45) is 0.614. The van der Waals surface area contributed by atoms with E-state index in [0.717, 1.165) is 39.3 Å². The van der Waals surface area contributed by atoms with Crippen LogP contribution in [0.2, 0.25) is 0 Å². The third-order valence-electron chi connectivity index (χ3n) is 3.67. The SMILES string of the molecule is CCN1CCN(CCC(=O)NCC(C)NC)CC1. The summed E-state index contributed by atoms with van der Waals surface area (Å²) < 4.78 is 0. The van der Waals surface area contributed by atoms with Gasteiger partial charge >= 0.3 is 0 Å². The number of carbonyl (C=O) groups is 1. The maximum absolute atomic E-state index is 11.7. The van der Waals surface area contributed by atoms with Crippen LogP contribution in [0.4, 0.5) is 0 Å². The molecule has 1 heterocycles. The van der Waals surface area contributed by atoms with Gasteiger partial charge in [-0.25, -0.2) is 0 Å². The Bertz CT molecular complexity index is 239. The van der Waals surface area contributed by atoms with Crippen LogP contribution in [-0.2, 0) is 4.79 Å². The van der Waals surface area contributed by atoms with Crippen LogP contribution in [0.5, 0.6) is 0 Å². The molecule has 1 aliphatic rings. The van der Waals surface area contributed by atoms with Crippen LogP contribution in [0.25, 0.3) is 0 Å². The van der Waals surface area contributed by atoms with Gasteiger partial charge in [0.15, 0.2) is 0 Å². The lowest BCUT2D eigenvalue weighted by Gasteiger charge is -2.33. The first kappa shape index (κ1) is 15.4. The molecule has 0 aliphatic carbocycles.